The standard InChI is InChI=1S/C23H40N2O2/c1-4-15-17-6-5-16-18-7-8-21(26)23(18,3)11-9-19(16)22(17,2)12-10-20(15)25-27-14-13-24/h15-19,21,26H,4-14,24H2,1-3H3/t15-,16-,17?,18-,19-,21-,22-,23-/m0/s1. The second-order valence-electron chi connectivity index (χ2n) is 10.4. The number of nitrogens with two attached hydrogens (primary N) is 1. The van der Waals surface area contributed by atoms with Gasteiger partial charge in [0.2, 0.25) is 0 Å². The molecule has 0 aliphatic heterocycles. The Morgan fingerprint density at radius 1 is 1.04 bits per heavy atom. The molecule has 1 unspecified atom stereocenters. The van der Waals surface area contributed by atoms with Crippen molar-refractivity contribution in [2.45, 2.75) is 84.7 Å². The fourth-order valence-corrected chi connectivity index (χ4v) is 8.12. The fraction of sp³-hybridized carbons (Fsp3) is 0.957. The van der Waals surface area contributed by atoms with Crippen LogP contribution in [0.3, 0.4) is 0 Å². The lowest BCUT2D eigenvalue weighted by atomic mass is 9.43. The Morgan fingerprint density at radius 2 is 1.78 bits per heavy atom. The smallest absolute Gasteiger partial charge is 0.129 e. The van der Waals surface area contributed by atoms with Crippen LogP contribution in [0.25, 0.3) is 0 Å². The van der Waals surface area contributed by atoms with Gasteiger partial charge in [-0.1, -0.05) is 25.9 Å². The molecular formula is C23H40N2O2. The Morgan fingerprint density at radius 3 is 2.52 bits per heavy atom. The molecule has 4 fully saturated rings. The lowest BCUT2D eigenvalue weighted by Gasteiger charge is -2.61. The van der Waals surface area contributed by atoms with Gasteiger partial charge < -0.3 is 15.7 Å². The molecule has 27 heavy (non-hydrogen) atoms. The van der Waals surface area contributed by atoms with Crippen molar-refractivity contribution in [1.29, 1.82) is 0 Å². The summed E-state index contributed by atoms with van der Waals surface area (Å²) in [6.07, 6.45) is 10.9. The molecule has 0 amide bonds. The van der Waals surface area contributed by atoms with Gasteiger partial charge in [0.05, 0.1) is 11.8 Å². The van der Waals surface area contributed by atoms with Crippen molar-refractivity contribution in [2.75, 3.05) is 13.2 Å². The molecule has 0 radical (unpaired) electrons. The molecule has 4 saturated carbocycles. The minimum atomic E-state index is -0.0674. The highest BCUT2D eigenvalue weighted by molar-refractivity contribution is 5.87. The molecule has 0 heterocycles. The van der Waals surface area contributed by atoms with Crippen LogP contribution in [0.4, 0.5) is 0 Å². The molecule has 4 aliphatic rings. The first-order valence-electron chi connectivity index (χ1n) is 11.5. The molecular weight excluding hydrogens is 336 g/mol. The maximum Gasteiger partial charge on any atom is 0.129 e. The van der Waals surface area contributed by atoms with Crippen molar-refractivity contribution in [3.05, 3.63) is 0 Å². The van der Waals surface area contributed by atoms with E-state index in [0.29, 0.717) is 24.5 Å². The third kappa shape index (κ3) is 2.97. The van der Waals surface area contributed by atoms with E-state index in [2.05, 4.69) is 25.9 Å². The van der Waals surface area contributed by atoms with Crippen LogP contribution in [-0.4, -0.2) is 30.1 Å². The van der Waals surface area contributed by atoms with Crippen molar-refractivity contribution in [2.24, 2.45) is 51.3 Å². The number of nitrogens with zero attached hydrogens (tertiary/aromatic N) is 1. The number of hydrogen-bond donors (Lipinski definition) is 2. The first kappa shape index (κ1) is 19.7. The summed E-state index contributed by atoms with van der Waals surface area (Å²) >= 11 is 0. The lowest BCUT2D eigenvalue weighted by molar-refractivity contribution is -0.121. The first-order chi connectivity index (χ1) is 13.0. The van der Waals surface area contributed by atoms with Crippen LogP contribution in [0.5, 0.6) is 0 Å². The number of oxime groups is 1. The predicted octanol–water partition coefficient (Wildman–Crippen LogP) is 4.36. The summed E-state index contributed by atoms with van der Waals surface area (Å²) in [6.45, 7) is 8.36. The number of aliphatic hydroxyl groups is 1. The van der Waals surface area contributed by atoms with E-state index in [1.165, 1.54) is 50.7 Å². The number of hydrogen-bond acceptors (Lipinski definition) is 4. The SMILES string of the molecule is CC[C@@H]1C(=NOCCN)CC[C@@]2(C)C1CC[C@H]1[C@@H]3CC[C@H](O)[C@@]3(C)CC[C@@H]12. The summed E-state index contributed by atoms with van der Waals surface area (Å²) in [5.74, 6) is 3.72. The van der Waals surface area contributed by atoms with E-state index in [1.807, 2.05) is 0 Å². The zero-order valence-corrected chi connectivity index (χ0v) is 17.6. The number of rotatable bonds is 4. The van der Waals surface area contributed by atoms with Crippen LogP contribution < -0.4 is 5.73 Å². The number of fused-ring (bicyclic) bond motifs is 5. The molecule has 0 aromatic heterocycles. The average molecular weight is 377 g/mol. The van der Waals surface area contributed by atoms with Crippen LogP contribution in [-0.2, 0) is 4.84 Å². The van der Waals surface area contributed by atoms with Gasteiger partial charge >= 0.3 is 0 Å². The maximum absolute atomic E-state index is 10.6. The quantitative estimate of drug-likeness (QED) is 0.566. The Labute approximate surface area is 165 Å². The highest BCUT2D eigenvalue weighted by Gasteiger charge is 2.61. The molecule has 0 aromatic rings. The molecule has 8 atom stereocenters. The molecule has 4 aliphatic carbocycles. The molecule has 0 aromatic carbocycles. The van der Waals surface area contributed by atoms with Crippen LogP contribution in [0.2, 0.25) is 0 Å². The highest BCUT2D eigenvalue weighted by atomic mass is 16.6. The van der Waals surface area contributed by atoms with Crippen LogP contribution in [0, 0.1) is 40.4 Å². The van der Waals surface area contributed by atoms with Gasteiger partial charge in [-0.05, 0) is 92.3 Å². The summed E-state index contributed by atoms with van der Waals surface area (Å²) in [6, 6.07) is 0. The Balaban J connectivity index is 1.57. The van der Waals surface area contributed by atoms with Gasteiger partial charge in [-0.15, -0.1) is 0 Å². The third-order valence-corrected chi connectivity index (χ3v) is 9.56. The Kier molecular flexibility index (Phi) is 5.35. The van der Waals surface area contributed by atoms with Crippen molar-refractivity contribution >= 4 is 5.71 Å². The summed E-state index contributed by atoms with van der Waals surface area (Å²) in [5, 5.41) is 15.2. The monoisotopic (exact) mass is 376 g/mol. The topological polar surface area (TPSA) is 67.8 Å². The molecule has 4 nitrogen and oxygen atoms in total. The van der Waals surface area contributed by atoms with Gasteiger partial charge in [0.15, 0.2) is 0 Å². The van der Waals surface area contributed by atoms with Gasteiger partial charge in [0.1, 0.15) is 6.61 Å². The van der Waals surface area contributed by atoms with E-state index in [1.54, 1.807) is 0 Å². The normalized spacial score (nSPS) is 50.8. The van der Waals surface area contributed by atoms with Gasteiger partial charge in [-0.2, -0.15) is 0 Å². The molecule has 0 bridgehead atoms. The first-order valence-corrected chi connectivity index (χ1v) is 11.5. The molecule has 0 saturated heterocycles. The van der Waals surface area contributed by atoms with E-state index >= 15 is 0 Å². The molecule has 4 heteroatoms. The zero-order valence-electron chi connectivity index (χ0n) is 17.6. The lowest BCUT2D eigenvalue weighted by Crippen LogP contribution is -2.56. The minimum absolute atomic E-state index is 0.0674. The van der Waals surface area contributed by atoms with Crippen LogP contribution in [0.1, 0.15) is 78.6 Å². The van der Waals surface area contributed by atoms with Crippen molar-refractivity contribution < 1.29 is 9.94 Å². The zero-order chi connectivity index (χ0) is 19.2. The largest absolute Gasteiger partial charge is 0.394 e. The fourth-order valence-electron chi connectivity index (χ4n) is 8.12. The second-order valence-corrected chi connectivity index (χ2v) is 10.4. The van der Waals surface area contributed by atoms with Gasteiger partial charge in [-0.3, -0.25) is 0 Å². The Bertz CT molecular complexity index is 579. The molecule has 154 valence electrons. The number of aliphatic hydroxyl groups excluding tert-OH is 1. The predicted molar refractivity (Wildman–Crippen MR) is 109 cm³/mol. The van der Waals surface area contributed by atoms with Gasteiger partial charge in [0, 0.05) is 12.5 Å². The highest BCUT2D eigenvalue weighted by Crippen LogP contribution is 2.66. The molecule has 3 N–H and O–H groups in total. The summed E-state index contributed by atoms with van der Waals surface area (Å²) in [4.78, 5) is 5.49. The van der Waals surface area contributed by atoms with Gasteiger partial charge in [0.25, 0.3) is 0 Å². The summed E-state index contributed by atoms with van der Waals surface area (Å²) in [5.41, 5.74) is 7.48. The summed E-state index contributed by atoms with van der Waals surface area (Å²) in [7, 11) is 0. The van der Waals surface area contributed by atoms with Crippen LogP contribution in [0.15, 0.2) is 5.16 Å². The summed E-state index contributed by atoms with van der Waals surface area (Å²) < 4.78 is 0. The van der Waals surface area contributed by atoms with E-state index in [0.717, 1.165) is 36.5 Å². The molecule has 4 rings (SSSR count). The Hall–Kier alpha value is -0.610. The third-order valence-electron chi connectivity index (χ3n) is 9.56. The van der Waals surface area contributed by atoms with Crippen molar-refractivity contribution in [3.8, 4) is 0 Å². The van der Waals surface area contributed by atoms with Crippen molar-refractivity contribution in [3.63, 3.8) is 0 Å². The molecule has 0 spiro atoms. The average Bonchev–Trinajstić information content (AvgIpc) is 2.97. The maximum atomic E-state index is 10.6. The van der Waals surface area contributed by atoms with E-state index in [-0.39, 0.29) is 11.5 Å². The minimum Gasteiger partial charge on any atom is -0.394 e. The van der Waals surface area contributed by atoms with E-state index in [9.17, 15) is 5.11 Å². The van der Waals surface area contributed by atoms with Gasteiger partial charge in [-0.25, -0.2) is 0 Å². The van der Waals surface area contributed by atoms with Crippen molar-refractivity contribution in [1.82, 2.24) is 0 Å². The second kappa shape index (κ2) is 7.33. The van der Waals surface area contributed by atoms with E-state index < -0.39 is 0 Å². The van der Waals surface area contributed by atoms with E-state index in [4.69, 9.17) is 10.6 Å². The van der Waals surface area contributed by atoms with Crippen LogP contribution >= 0.6 is 0 Å².